The van der Waals surface area contributed by atoms with Gasteiger partial charge in [0.2, 0.25) is 0 Å². The predicted octanol–water partition coefficient (Wildman–Crippen LogP) is 3.53. The van der Waals surface area contributed by atoms with Gasteiger partial charge in [-0.2, -0.15) is 0 Å². The van der Waals surface area contributed by atoms with Crippen molar-refractivity contribution in [3.05, 3.63) is 12.2 Å². The summed E-state index contributed by atoms with van der Waals surface area (Å²) < 4.78 is 5.67. The second-order valence-corrected chi connectivity index (χ2v) is 8.12. The van der Waals surface area contributed by atoms with Crippen molar-refractivity contribution in [2.45, 2.75) is 59.0 Å². The van der Waals surface area contributed by atoms with E-state index in [0.29, 0.717) is 18.1 Å². The topological polar surface area (TPSA) is 43.4 Å². The molecule has 1 unspecified atom stereocenters. The fraction of sp³-hybridized carbons (Fsp3) is 0.778. The lowest BCUT2D eigenvalue weighted by atomic mass is 9.61. The van der Waals surface area contributed by atoms with Crippen molar-refractivity contribution in [2.75, 3.05) is 0 Å². The maximum atomic E-state index is 12.7. The maximum Gasteiger partial charge on any atom is 0.310 e. The molecule has 1 spiro atoms. The minimum absolute atomic E-state index is 0.0636. The molecule has 0 amide bonds. The van der Waals surface area contributed by atoms with Crippen LogP contribution in [0.5, 0.6) is 0 Å². The van der Waals surface area contributed by atoms with E-state index < -0.39 is 5.60 Å². The summed E-state index contributed by atoms with van der Waals surface area (Å²) in [6.07, 6.45) is 7.88. The molecule has 3 heteroatoms. The SMILES string of the molecule is C[C@H]1CCC=CC2C(=O)[C@@H]3C[C@H](C(=O)OC(C)(C)C)[C@@]21C3. The molecule has 5 atom stereocenters. The highest BCUT2D eigenvalue weighted by Gasteiger charge is 2.66. The summed E-state index contributed by atoms with van der Waals surface area (Å²) in [6, 6.07) is 0. The average molecular weight is 290 g/mol. The van der Waals surface area contributed by atoms with E-state index in [4.69, 9.17) is 4.74 Å². The Bertz CT molecular complexity index is 499. The lowest BCUT2D eigenvalue weighted by Gasteiger charge is -2.42. The summed E-state index contributed by atoms with van der Waals surface area (Å²) in [7, 11) is 0. The molecular weight excluding hydrogens is 264 g/mol. The molecule has 0 aromatic rings. The van der Waals surface area contributed by atoms with Crippen molar-refractivity contribution in [2.24, 2.45) is 29.1 Å². The molecule has 2 saturated carbocycles. The van der Waals surface area contributed by atoms with E-state index in [-0.39, 0.29) is 29.1 Å². The Balaban J connectivity index is 1.95. The summed E-state index contributed by atoms with van der Waals surface area (Å²) in [5.41, 5.74) is -0.643. The van der Waals surface area contributed by atoms with Crippen LogP contribution in [0.25, 0.3) is 0 Å². The molecule has 0 radical (unpaired) electrons. The number of ether oxygens (including phenoxy) is 1. The van der Waals surface area contributed by atoms with Gasteiger partial charge in [-0.05, 0) is 52.4 Å². The lowest BCUT2D eigenvalue weighted by Crippen LogP contribution is -2.46. The largest absolute Gasteiger partial charge is 0.460 e. The Kier molecular flexibility index (Phi) is 3.30. The smallest absolute Gasteiger partial charge is 0.310 e. The molecule has 0 heterocycles. The number of carbonyl (C=O) groups is 2. The van der Waals surface area contributed by atoms with Crippen LogP contribution >= 0.6 is 0 Å². The van der Waals surface area contributed by atoms with Crippen molar-refractivity contribution >= 4 is 11.8 Å². The maximum absolute atomic E-state index is 12.7. The molecule has 3 rings (SSSR count). The van der Waals surface area contributed by atoms with E-state index in [1.165, 1.54) is 0 Å². The van der Waals surface area contributed by atoms with Crippen molar-refractivity contribution < 1.29 is 14.3 Å². The van der Waals surface area contributed by atoms with Crippen LogP contribution in [-0.4, -0.2) is 17.4 Å². The third-order valence-electron chi connectivity index (χ3n) is 5.76. The van der Waals surface area contributed by atoms with Gasteiger partial charge in [0.05, 0.1) is 5.92 Å². The molecular formula is C18H26O3. The molecule has 0 N–H and O–H groups in total. The molecule has 0 saturated heterocycles. The number of carbonyl (C=O) groups excluding carboxylic acids is 2. The zero-order valence-electron chi connectivity index (χ0n) is 13.5. The van der Waals surface area contributed by atoms with Crippen LogP contribution in [0, 0.1) is 29.1 Å². The van der Waals surface area contributed by atoms with Gasteiger partial charge in [-0.1, -0.05) is 19.1 Å². The number of allylic oxidation sites excluding steroid dienone is 2. The van der Waals surface area contributed by atoms with Gasteiger partial charge in [-0.25, -0.2) is 0 Å². The molecule has 21 heavy (non-hydrogen) atoms. The molecule has 0 aromatic carbocycles. The standard InChI is InChI=1S/C18H26O3/c1-11-7-5-6-8-13-15(19)12-9-14(18(11,13)10-12)16(20)21-17(2,3)4/h6,8,11-14H,5,7,9-10H2,1-4H3/t11-,12+,13?,14+,18+/m0/s1. The molecule has 2 fully saturated rings. The molecule has 0 aromatic heterocycles. The third kappa shape index (κ3) is 2.16. The Labute approximate surface area is 127 Å². The predicted molar refractivity (Wildman–Crippen MR) is 80.5 cm³/mol. The van der Waals surface area contributed by atoms with Crippen molar-refractivity contribution in [1.29, 1.82) is 0 Å². The molecule has 2 bridgehead atoms. The van der Waals surface area contributed by atoms with Crippen LogP contribution in [-0.2, 0) is 14.3 Å². The van der Waals surface area contributed by atoms with Gasteiger partial charge in [0.25, 0.3) is 0 Å². The highest BCUT2D eigenvalue weighted by molar-refractivity contribution is 5.92. The van der Waals surface area contributed by atoms with E-state index in [9.17, 15) is 9.59 Å². The summed E-state index contributed by atoms with van der Waals surface area (Å²) in [5, 5.41) is 0. The summed E-state index contributed by atoms with van der Waals surface area (Å²) in [6.45, 7) is 7.96. The van der Waals surface area contributed by atoms with Gasteiger partial charge >= 0.3 is 5.97 Å². The normalized spacial score (nSPS) is 41.8. The van der Waals surface area contributed by atoms with Crippen molar-refractivity contribution in [3.63, 3.8) is 0 Å². The van der Waals surface area contributed by atoms with E-state index in [0.717, 1.165) is 19.3 Å². The van der Waals surface area contributed by atoms with Gasteiger partial charge in [-0.15, -0.1) is 0 Å². The van der Waals surface area contributed by atoms with Crippen LogP contribution in [0.1, 0.15) is 53.4 Å². The van der Waals surface area contributed by atoms with Crippen LogP contribution in [0.2, 0.25) is 0 Å². The van der Waals surface area contributed by atoms with Gasteiger partial charge in [0.15, 0.2) is 0 Å². The van der Waals surface area contributed by atoms with Gasteiger partial charge in [0.1, 0.15) is 11.4 Å². The fourth-order valence-electron chi connectivity index (χ4n) is 4.90. The minimum Gasteiger partial charge on any atom is -0.460 e. The first-order chi connectivity index (χ1) is 9.75. The fourth-order valence-corrected chi connectivity index (χ4v) is 4.90. The Morgan fingerprint density at radius 3 is 2.76 bits per heavy atom. The number of hydrogen-bond acceptors (Lipinski definition) is 3. The number of ketones is 1. The lowest BCUT2D eigenvalue weighted by molar-refractivity contribution is -0.168. The number of esters is 1. The summed E-state index contributed by atoms with van der Waals surface area (Å²) in [5.74, 6) is 0.557. The van der Waals surface area contributed by atoms with E-state index in [1.807, 2.05) is 20.8 Å². The second kappa shape index (κ2) is 4.69. The minimum atomic E-state index is -0.459. The average Bonchev–Trinajstić information content (AvgIpc) is 2.82. The zero-order valence-corrected chi connectivity index (χ0v) is 13.5. The zero-order chi connectivity index (χ0) is 15.4. The molecule has 116 valence electrons. The number of rotatable bonds is 1. The van der Waals surface area contributed by atoms with Crippen LogP contribution < -0.4 is 0 Å². The first kappa shape index (κ1) is 14.8. The van der Waals surface area contributed by atoms with E-state index in [2.05, 4.69) is 19.1 Å². The highest BCUT2D eigenvalue weighted by Crippen LogP contribution is 2.64. The van der Waals surface area contributed by atoms with Gasteiger partial charge in [0, 0.05) is 17.3 Å². The third-order valence-corrected chi connectivity index (χ3v) is 5.76. The van der Waals surface area contributed by atoms with Crippen LogP contribution in [0.15, 0.2) is 12.2 Å². The van der Waals surface area contributed by atoms with Crippen molar-refractivity contribution in [3.8, 4) is 0 Å². The summed E-state index contributed by atoms with van der Waals surface area (Å²) >= 11 is 0. The number of fused-ring (bicyclic) bond motifs is 1. The van der Waals surface area contributed by atoms with E-state index in [1.54, 1.807) is 0 Å². The summed E-state index contributed by atoms with van der Waals surface area (Å²) in [4.78, 5) is 25.3. The van der Waals surface area contributed by atoms with Gasteiger partial charge < -0.3 is 4.74 Å². The molecule has 0 aliphatic heterocycles. The monoisotopic (exact) mass is 290 g/mol. The Morgan fingerprint density at radius 2 is 2.10 bits per heavy atom. The molecule has 3 nitrogen and oxygen atoms in total. The first-order valence-corrected chi connectivity index (χ1v) is 8.19. The first-order valence-electron chi connectivity index (χ1n) is 8.19. The Morgan fingerprint density at radius 1 is 1.38 bits per heavy atom. The van der Waals surface area contributed by atoms with Crippen molar-refractivity contribution in [1.82, 2.24) is 0 Å². The quantitative estimate of drug-likeness (QED) is 0.548. The molecule has 3 aliphatic rings. The molecule has 3 aliphatic carbocycles. The second-order valence-electron chi connectivity index (χ2n) is 8.12. The van der Waals surface area contributed by atoms with Crippen LogP contribution in [0.3, 0.4) is 0 Å². The van der Waals surface area contributed by atoms with Gasteiger partial charge in [-0.3, -0.25) is 9.59 Å². The Hall–Kier alpha value is -1.12. The van der Waals surface area contributed by atoms with E-state index >= 15 is 0 Å². The highest BCUT2D eigenvalue weighted by atomic mass is 16.6. The number of hydrogen-bond donors (Lipinski definition) is 0. The van der Waals surface area contributed by atoms with Crippen LogP contribution in [0.4, 0.5) is 0 Å². The number of Topliss-reactive ketones (excluding diaryl/α,β-unsaturated/α-hetero) is 1.